The Morgan fingerprint density at radius 3 is 1.89 bits per heavy atom. The fraction of sp³-hybridized carbons (Fsp3) is 0.765. The Morgan fingerprint density at radius 1 is 0.833 bits per heavy atom. The molecule has 1 aromatic heterocycles. The lowest BCUT2D eigenvalue weighted by Gasteiger charge is -2.01. The fourth-order valence-electron chi connectivity index (χ4n) is 2.41. The number of rotatable bonds is 11. The van der Waals surface area contributed by atoms with Crippen LogP contribution in [-0.2, 0) is 6.42 Å². The molecule has 0 spiro atoms. The molecule has 0 saturated carbocycles. The lowest BCUT2D eigenvalue weighted by Crippen LogP contribution is -1.84. The van der Waals surface area contributed by atoms with E-state index in [1.807, 2.05) is 6.26 Å². The summed E-state index contributed by atoms with van der Waals surface area (Å²) in [5.74, 6) is 1.16. The molecule has 0 aliphatic rings. The van der Waals surface area contributed by atoms with E-state index in [0.717, 1.165) is 12.2 Å². The van der Waals surface area contributed by atoms with Crippen LogP contribution in [0.4, 0.5) is 0 Å². The summed E-state index contributed by atoms with van der Waals surface area (Å²) < 4.78 is 5.45. The van der Waals surface area contributed by atoms with Gasteiger partial charge in [-0.1, -0.05) is 64.7 Å². The van der Waals surface area contributed by atoms with Crippen molar-refractivity contribution in [3.63, 3.8) is 0 Å². The van der Waals surface area contributed by atoms with E-state index in [1.165, 1.54) is 69.8 Å². The fourth-order valence-corrected chi connectivity index (χ4v) is 2.41. The number of furan rings is 1. The maximum atomic E-state index is 5.45. The monoisotopic (exact) mass is 250 g/mol. The minimum absolute atomic E-state index is 1.12. The van der Waals surface area contributed by atoms with Crippen molar-refractivity contribution in [3.8, 4) is 0 Å². The van der Waals surface area contributed by atoms with Crippen molar-refractivity contribution in [2.75, 3.05) is 0 Å². The first-order valence-electron chi connectivity index (χ1n) is 7.87. The lowest BCUT2D eigenvalue weighted by molar-refractivity contribution is 0.489. The number of hydrogen-bond acceptors (Lipinski definition) is 1. The third-order valence-corrected chi connectivity index (χ3v) is 3.56. The lowest BCUT2D eigenvalue weighted by atomic mass is 10.1. The molecule has 0 unspecified atom stereocenters. The summed E-state index contributed by atoms with van der Waals surface area (Å²) >= 11 is 0. The van der Waals surface area contributed by atoms with Crippen LogP contribution in [0.15, 0.2) is 16.7 Å². The molecule has 0 aromatic carbocycles. The highest BCUT2D eigenvalue weighted by Gasteiger charge is 1.98. The van der Waals surface area contributed by atoms with Crippen LogP contribution in [0.1, 0.15) is 82.5 Å². The quantitative estimate of drug-likeness (QED) is 0.436. The highest BCUT2D eigenvalue weighted by molar-refractivity contribution is 5.10. The van der Waals surface area contributed by atoms with Crippen LogP contribution in [0.2, 0.25) is 0 Å². The van der Waals surface area contributed by atoms with Crippen molar-refractivity contribution < 1.29 is 4.42 Å². The third kappa shape index (κ3) is 7.58. The van der Waals surface area contributed by atoms with E-state index in [4.69, 9.17) is 4.42 Å². The Morgan fingerprint density at radius 2 is 1.39 bits per heavy atom. The van der Waals surface area contributed by atoms with Crippen LogP contribution < -0.4 is 0 Å². The number of unbranched alkanes of at least 4 members (excludes halogenated alkanes) is 9. The van der Waals surface area contributed by atoms with E-state index in [0.29, 0.717) is 0 Å². The molecule has 0 aliphatic carbocycles. The van der Waals surface area contributed by atoms with Gasteiger partial charge in [0.15, 0.2) is 0 Å². The molecule has 0 amide bonds. The average Bonchev–Trinajstić information content (AvgIpc) is 2.77. The molecule has 0 aliphatic heterocycles. The van der Waals surface area contributed by atoms with Gasteiger partial charge in [0.1, 0.15) is 5.76 Å². The van der Waals surface area contributed by atoms with E-state index in [1.54, 1.807) is 0 Å². The van der Waals surface area contributed by atoms with Gasteiger partial charge in [0.25, 0.3) is 0 Å². The second kappa shape index (κ2) is 10.2. The zero-order valence-electron chi connectivity index (χ0n) is 12.3. The molecule has 1 heteroatoms. The molecule has 1 aromatic rings. The van der Waals surface area contributed by atoms with Gasteiger partial charge in [-0.2, -0.15) is 0 Å². The SMILES string of the molecule is CCCCCCCCCCCCc1cc(C)co1. The summed E-state index contributed by atoms with van der Waals surface area (Å²) in [6.07, 6.45) is 17.0. The van der Waals surface area contributed by atoms with Gasteiger partial charge < -0.3 is 4.42 Å². The molecular weight excluding hydrogens is 220 g/mol. The summed E-state index contributed by atoms with van der Waals surface area (Å²) in [4.78, 5) is 0. The van der Waals surface area contributed by atoms with Gasteiger partial charge in [-0.3, -0.25) is 0 Å². The zero-order chi connectivity index (χ0) is 13.1. The minimum atomic E-state index is 1.12. The summed E-state index contributed by atoms with van der Waals surface area (Å²) in [5.41, 5.74) is 1.25. The van der Waals surface area contributed by atoms with Gasteiger partial charge in [0.2, 0.25) is 0 Å². The van der Waals surface area contributed by atoms with Crippen molar-refractivity contribution in [2.45, 2.75) is 84.5 Å². The van der Waals surface area contributed by atoms with Crippen LogP contribution in [0.25, 0.3) is 0 Å². The molecule has 0 bridgehead atoms. The van der Waals surface area contributed by atoms with Crippen molar-refractivity contribution in [1.29, 1.82) is 0 Å². The molecule has 0 N–H and O–H groups in total. The molecule has 1 rings (SSSR count). The molecule has 1 heterocycles. The summed E-state index contributed by atoms with van der Waals surface area (Å²) in [5, 5.41) is 0. The van der Waals surface area contributed by atoms with Crippen molar-refractivity contribution >= 4 is 0 Å². The van der Waals surface area contributed by atoms with Crippen molar-refractivity contribution in [2.24, 2.45) is 0 Å². The maximum absolute atomic E-state index is 5.45. The Balaban J connectivity index is 1.81. The molecular formula is C17H30O. The molecule has 104 valence electrons. The van der Waals surface area contributed by atoms with Crippen LogP contribution in [0.3, 0.4) is 0 Å². The first-order valence-corrected chi connectivity index (χ1v) is 7.87. The van der Waals surface area contributed by atoms with E-state index in [9.17, 15) is 0 Å². The first-order chi connectivity index (χ1) is 8.83. The van der Waals surface area contributed by atoms with Gasteiger partial charge in [-0.25, -0.2) is 0 Å². The van der Waals surface area contributed by atoms with Crippen molar-refractivity contribution in [1.82, 2.24) is 0 Å². The standard InChI is InChI=1S/C17H30O/c1-3-4-5-6-7-8-9-10-11-12-13-17-14-16(2)15-18-17/h14-15H,3-13H2,1-2H3. The summed E-state index contributed by atoms with van der Waals surface area (Å²) in [7, 11) is 0. The normalized spacial score (nSPS) is 11.0. The van der Waals surface area contributed by atoms with E-state index < -0.39 is 0 Å². The van der Waals surface area contributed by atoms with E-state index in [2.05, 4.69) is 19.9 Å². The average molecular weight is 250 g/mol. The minimum Gasteiger partial charge on any atom is -0.469 e. The third-order valence-electron chi connectivity index (χ3n) is 3.56. The predicted molar refractivity (Wildman–Crippen MR) is 79.0 cm³/mol. The Labute approximate surface area is 113 Å². The van der Waals surface area contributed by atoms with Crippen LogP contribution in [0.5, 0.6) is 0 Å². The number of aryl methyl sites for hydroxylation is 2. The van der Waals surface area contributed by atoms with E-state index in [-0.39, 0.29) is 0 Å². The van der Waals surface area contributed by atoms with Gasteiger partial charge in [0, 0.05) is 6.42 Å². The van der Waals surface area contributed by atoms with Gasteiger partial charge in [-0.05, 0) is 25.0 Å². The Hall–Kier alpha value is -0.720. The van der Waals surface area contributed by atoms with Crippen molar-refractivity contribution in [3.05, 3.63) is 23.7 Å². The molecule has 0 atom stereocenters. The zero-order valence-corrected chi connectivity index (χ0v) is 12.3. The van der Waals surface area contributed by atoms with E-state index >= 15 is 0 Å². The summed E-state index contributed by atoms with van der Waals surface area (Å²) in [6, 6.07) is 2.16. The molecule has 0 saturated heterocycles. The van der Waals surface area contributed by atoms with Crippen LogP contribution in [0, 0.1) is 6.92 Å². The highest BCUT2D eigenvalue weighted by Crippen LogP contribution is 2.13. The van der Waals surface area contributed by atoms with Crippen LogP contribution in [-0.4, -0.2) is 0 Å². The Kier molecular flexibility index (Phi) is 8.71. The largest absolute Gasteiger partial charge is 0.469 e. The summed E-state index contributed by atoms with van der Waals surface area (Å²) in [6.45, 7) is 4.37. The predicted octanol–water partition coefficient (Wildman–Crippen LogP) is 6.05. The van der Waals surface area contributed by atoms with Crippen LogP contribution >= 0.6 is 0 Å². The molecule has 1 nitrogen and oxygen atoms in total. The second-order valence-corrected chi connectivity index (χ2v) is 5.52. The topological polar surface area (TPSA) is 13.1 Å². The maximum Gasteiger partial charge on any atom is 0.104 e. The molecule has 18 heavy (non-hydrogen) atoms. The Bertz CT molecular complexity index is 288. The van der Waals surface area contributed by atoms with Gasteiger partial charge in [0.05, 0.1) is 6.26 Å². The first kappa shape index (κ1) is 15.3. The van der Waals surface area contributed by atoms with Gasteiger partial charge >= 0.3 is 0 Å². The second-order valence-electron chi connectivity index (χ2n) is 5.52. The van der Waals surface area contributed by atoms with Gasteiger partial charge in [-0.15, -0.1) is 0 Å². The highest BCUT2D eigenvalue weighted by atomic mass is 16.3. The molecule has 0 fully saturated rings. The smallest absolute Gasteiger partial charge is 0.104 e. The molecule has 0 radical (unpaired) electrons. The number of hydrogen-bond donors (Lipinski definition) is 0.